The van der Waals surface area contributed by atoms with E-state index in [2.05, 4.69) is 0 Å². The molecule has 0 amide bonds. The minimum atomic E-state index is -1.02. The molecule has 1 aliphatic rings. The summed E-state index contributed by atoms with van der Waals surface area (Å²) in [6.45, 7) is -0.175. The van der Waals surface area contributed by atoms with Crippen LogP contribution in [-0.2, 0) is 11.2 Å². The van der Waals surface area contributed by atoms with Gasteiger partial charge in [0.05, 0.1) is 6.61 Å². The number of carboxylic acids is 1. The molecule has 1 heterocycles. The molecule has 4 heteroatoms. The van der Waals surface area contributed by atoms with Crippen molar-refractivity contribution in [2.24, 2.45) is 5.92 Å². The first-order valence-electron chi connectivity index (χ1n) is 4.80. The standard InChI is InChI=1S/C11H12O4/c12-6-8-5-7-3-1-2-4-9(7)15-10(8)11(13)14/h1-4,8,10,12H,5-6H2,(H,13,14)/t8-,10+/m1/s1. The van der Waals surface area contributed by atoms with E-state index in [9.17, 15) is 4.79 Å². The maximum Gasteiger partial charge on any atom is 0.345 e. The fourth-order valence-electron chi connectivity index (χ4n) is 1.82. The van der Waals surface area contributed by atoms with Crippen LogP contribution in [0.3, 0.4) is 0 Å². The van der Waals surface area contributed by atoms with Crippen molar-refractivity contribution < 1.29 is 19.7 Å². The first-order chi connectivity index (χ1) is 7.22. The summed E-state index contributed by atoms with van der Waals surface area (Å²) >= 11 is 0. The summed E-state index contributed by atoms with van der Waals surface area (Å²) in [5.41, 5.74) is 0.953. The highest BCUT2D eigenvalue weighted by atomic mass is 16.5. The van der Waals surface area contributed by atoms with Crippen molar-refractivity contribution in [2.75, 3.05) is 6.61 Å². The Kier molecular flexibility index (Phi) is 2.60. The maximum atomic E-state index is 10.9. The molecule has 80 valence electrons. The zero-order chi connectivity index (χ0) is 10.8. The Morgan fingerprint density at radius 1 is 1.47 bits per heavy atom. The monoisotopic (exact) mass is 208 g/mol. The lowest BCUT2D eigenvalue weighted by Crippen LogP contribution is -2.41. The Morgan fingerprint density at radius 3 is 2.87 bits per heavy atom. The van der Waals surface area contributed by atoms with Gasteiger partial charge >= 0.3 is 5.97 Å². The van der Waals surface area contributed by atoms with Crippen molar-refractivity contribution in [1.82, 2.24) is 0 Å². The normalized spacial score (nSPS) is 24.1. The summed E-state index contributed by atoms with van der Waals surface area (Å²) in [7, 11) is 0. The molecule has 2 rings (SSSR count). The average molecular weight is 208 g/mol. The van der Waals surface area contributed by atoms with Crippen LogP contribution in [0.4, 0.5) is 0 Å². The van der Waals surface area contributed by atoms with Crippen molar-refractivity contribution in [3.05, 3.63) is 29.8 Å². The Hall–Kier alpha value is -1.55. The highest BCUT2D eigenvalue weighted by Gasteiger charge is 2.34. The number of ether oxygens (including phenoxy) is 1. The molecule has 1 aromatic rings. The molecule has 0 spiro atoms. The van der Waals surface area contributed by atoms with Gasteiger partial charge in [-0.1, -0.05) is 18.2 Å². The van der Waals surface area contributed by atoms with Gasteiger partial charge in [-0.25, -0.2) is 4.79 Å². The van der Waals surface area contributed by atoms with E-state index in [1.54, 1.807) is 12.1 Å². The molecule has 0 fully saturated rings. The van der Waals surface area contributed by atoms with Gasteiger partial charge in [-0.15, -0.1) is 0 Å². The number of aliphatic carboxylic acids is 1. The molecule has 1 aromatic carbocycles. The van der Waals surface area contributed by atoms with Gasteiger partial charge < -0.3 is 14.9 Å². The summed E-state index contributed by atoms with van der Waals surface area (Å²) in [6, 6.07) is 7.31. The van der Waals surface area contributed by atoms with Gasteiger partial charge in [-0.05, 0) is 18.1 Å². The topological polar surface area (TPSA) is 66.8 Å². The molecular formula is C11H12O4. The smallest absolute Gasteiger partial charge is 0.345 e. The zero-order valence-corrected chi connectivity index (χ0v) is 8.09. The van der Waals surface area contributed by atoms with Crippen LogP contribution < -0.4 is 4.74 Å². The zero-order valence-electron chi connectivity index (χ0n) is 8.09. The van der Waals surface area contributed by atoms with Crippen LogP contribution in [0.15, 0.2) is 24.3 Å². The molecule has 4 nitrogen and oxygen atoms in total. The summed E-state index contributed by atoms with van der Waals surface area (Å²) in [6.07, 6.45) is -0.395. The molecule has 2 N–H and O–H groups in total. The van der Waals surface area contributed by atoms with E-state index in [0.29, 0.717) is 12.2 Å². The van der Waals surface area contributed by atoms with Crippen LogP contribution in [0.2, 0.25) is 0 Å². The number of benzene rings is 1. The predicted molar refractivity (Wildman–Crippen MR) is 52.8 cm³/mol. The number of hydrogen-bond donors (Lipinski definition) is 2. The van der Waals surface area contributed by atoms with Crippen molar-refractivity contribution in [3.8, 4) is 5.75 Å². The second-order valence-corrected chi connectivity index (χ2v) is 3.63. The summed E-state index contributed by atoms with van der Waals surface area (Å²) < 4.78 is 5.34. The van der Waals surface area contributed by atoms with Crippen LogP contribution in [-0.4, -0.2) is 28.9 Å². The number of rotatable bonds is 2. The fourth-order valence-corrected chi connectivity index (χ4v) is 1.82. The van der Waals surface area contributed by atoms with E-state index in [0.717, 1.165) is 5.56 Å². The quantitative estimate of drug-likeness (QED) is 0.750. The third-order valence-corrected chi connectivity index (χ3v) is 2.61. The van der Waals surface area contributed by atoms with Crippen LogP contribution in [0, 0.1) is 5.92 Å². The predicted octanol–water partition coefficient (Wildman–Crippen LogP) is 0.683. The molecule has 2 atom stereocenters. The molecule has 0 saturated carbocycles. The van der Waals surface area contributed by atoms with Crippen molar-refractivity contribution in [1.29, 1.82) is 0 Å². The van der Waals surface area contributed by atoms with E-state index < -0.39 is 12.1 Å². The minimum absolute atomic E-state index is 0.175. The highest BCUT2D eigenvalue weighted by Crippen LogP contribution is 2.30. The minimum Gasteiger partial charge on any atom is -0.478 e. The van der Waals surface area contributed by atoms with Crippen LogP contribution in [0.25, 0.3) is 0 Å². The van der Waals surface area contributed by atoms with Gasteiger partial charge in [0.1, 0.15) is 5.75 Å². The summed E-state index contributed by atoms with van der Waals surface area (Å²) in [4.78, 5) is 10.9. The first kappa shape index (κ1) is 9.98. The van der Waals surface area contributed by atoms with Crippen molar-refractivity contribution >= 4 is 5.97 Å². The van der Waals surface area contributed by atoms with E-state index >= 15 is 0 Å². The lowest BCUT2D eigenvalue weighted by Gasteiger charge is -2.29. The molecule has 0 radical (unpaired) electrons. The van der Waals surface area contributed by atoms with Gasteiger partial charge in [0.2, 0.25) is 6.10 Å². The first-order valence-corrected chi connectivity index (χ1v) is 4.80. The second kappa shape index (κ2) is 3.90. The number of carboxylic acid groups (broad SMARTS) is 1. The summed E-state index contributed by atoms with van der Waals surface area (Å²) in [5, 5.41) is 18.0. The van der Waals surface area contributed by atoms with Gasteiger partial charge in [-0.2, -0.15) is 0 Å². The fraction of sp³-hybridized carbons (Fsp3) is 0.364. The molecule has 0 bridgehead atoms. The van der Waals surface area contributed by atoms with Crippen molar-refractivity contribution in [2.45, 2.75) is 12.5 Å². The third-order valence-electron chi connectivity index (χ3n) is 2.61. The molecule has 0 aromatic heterocycles. The molecule has 0 saturated heterocycles. The van der Waals surface area contributed by atoms with E-state index in [4.69, 9.17) is 14.9 Å². The average Bonchev–Trinajstić information content (AvgIpc) is 2.27. The summed E-state index contributed by atoms with van der Waals surface area (Å²) in [5.74, 6) is -0.782. The second-order valence-electron chi connectivity index (χ2n) is 3.63. The van der Waals surface area contributed by atoms with Crippen LogP contribution in [0.1, 0.15) is 5.56 Å². The van der Waals surface area contributed by atoms with Gasteiger partial charge in [0.15, 0.2) is 0 Å². The van der Waals surface area contributed by atoms with Crippen molar-refractivity contribution in [3.63, 3.8) is 0 Å². The van der Waals surface area contributed by atoms with E-state index in [-0.39, 0.29) is 12.5 Å². The SMILES string of the molecule is O=C(O)[C@H]1Oc2ccccc2C[C@@H]1CO. The molecule has 0 aliphatic carbocycles. The number of aliphatic hydroxyl groups is 1. The highest BCUT2D eigenvalue weighted by molar-refractivity contribution is 5.73. The van der Waals surface area contributed by atoms with Crippen LogP contribution >= 0.6 is 0 Å². The third kappa shape index (κ3) is 1.80. The number of fused-ring (bicyclic) bond motifs is 1. The molecule has 15 heavy (non-hydrogen) atoms. The molecule has 1 aliphatic heterocycles. The number of carbonyl (C=O) groups is 1. The maximum absolute atomic E-state index is 10.9. The van der Waals surface area contributed by atoms with Crippen LogP contribution in [0.5, 0.6) is 5.75 Å². The van der Waals surface area contributed by atoms with Gasteiger partial charge in [-0.3, -0.25) is 0 Å². The number of hydrogen-bond acceptors (Lipinski definition) is 3. The van der Waals surface area contributed by atoms with Gasteiger partial charge in [0.25, 0.3) is 0 Å². The molecule has 0 unspecified atom stereocenters. The Balaban J connectivity index is 2.30. The largest absolute Gasteiger partial charge is 0.478 e. The lowest BCUT2D eigenvalue weighted by atomic mass is 9.91. The van der Waals surface area contributed by atoms with E-state index in [1.165, 1.54) is 0 Å². The Morgan fingerprint density at radius 2 is 2.20 bits per heavy atom. The van der Waals surface area contributed by atoms with E-state index in [1.807, 2.05) is 12.1 Å². The number of aliphatic hydroxyl groups excluding tert-OH is 1. The lowest BCUT2D eigenvalue weighted by molar-refractivity contribution is -0.149. The van der Waals surface area contributed by atoms with Gasteiger partial charge in [0, 0.05) is 5.92 Å². The Bertz CT molecular complexity index is 375. The Labute approximate surface area is 87.1 Å². The number of para-hydroxylation sites is 1. The molecular weight excluding hydrogens is 196 g/mol.